The molecule has 0 spiro atoms. The lowest BCUT2D eigenvalue weighted by molar-refractivity contribution is 0.144. The van der Waals surface area contributed by atoms with Crippen molar-refractivity contribution in [3.05, 3.63) is 20.8 Å². The molecule has 0 fully saturated rings. The Kier molecular flexibility index (Phi) is 6.53. The summed E-state index contributed by atoms with van der Waals surface area (Å²) < 4.78 is 6.26. The average molecular weight is 308 g/mol. The van der Waals surface area contributed by atoms with Crippen LogP contribution in [0.15, 0.2) is 15.9 Å². The van der Waals surface area contributed by atoms with Crippen LogP contribution in [-0.4, -0.2) is 31.5 Å². The Balaban J connectivity index is 2.50. The highest BCUT2D eigenvalue weighted by atomic mass is 79.9. The zero-order chi connectivity index (χ0) is 12.0. The highest BCUT2D eigenvalue weighted by molar-refractivity contribution is 9.11. The van der Waals surface area contributed by atoms with Gasteiger partial charge in [-0.1, -0.05) is 0 Å². The minimum atomic E-state index is 0.182. The lowest BCUT2D eigenvalue weighted by atomic mass is 10.2. The molecule has 2 atom stereocenters. The second-order valence-electron chi connectivity index (χ2n) is 3.69. The summed E-state index contributed by atoms with van der Waals surface area (Å²) in [6.07, 6.45) is 0.713. The maximum absolute atomic E-state index is 8.95. The Bertz CT molecular complexity index is 300. The summed E-state index contributed by atoms with van der Waals surface area (Å²) in [5, 5.41) is 12.4. The second kappa shape index (κ2) is 7.40. The summed E-state index contributed by atoms with van der Waals surface area (Å²) in [4.78, 5) is 1.28. The Morgan fingerprint density at radius 3 is 2.81 bits per heavy atom. The molecule has 0 saturated heterocycles. The number of nitrogens with one attached hydrogen (secondary N) is 1. The fourth-order valence-corrected chi connectivity index (χ4v) is 3.00. The smallest absolute Gasteiger partial charge is 0.0701 e. The minimum absolute atomic E-state index is 0.182. The SMILES string of the molecule is COCC(CCO)NC(C)c1ccc(Br)s1. The highest BCUT2D eigenvalue weighted by Crippen LogP contribution is 2.27. The van der Waals surface area contributed by atoms with Gasteiger partial charge in [-0.3, -0.25) is 0 Å². The molecule has 92 valence electrons. The first-order chi connectivity index (χ1) is 7.67. The van der Waals surface area contributed by atoms with Gasteiger partial charge in [0.15, 0.2) is 0 Å². The molecule has 0 aliphatic rings. The van der Waals surface area contributed by atoms with E-state index < -0.39 is 0 Å². The maximum Gasteiger partial charge on any atom is 0.0701 e. The largest absolute Gasteiger partial charge is 0.396 e. The number of hydrogen-bond acceptors (Lipinski definition) is 4. The van der Waals surface area contributed by atoms with Crippen molar-refractivity contribution < 1.29 is 9.84 Å². The quantitative estimate of drug-likeness (QED) is 0.813. The molecule has 16 heavy (non-hydrogen) atoms. The second-order valence-corrected chi connectivity index (χ2v) is 6.19. The Labute approximate surface area is 109 Å². The van der Waals surface area contributed by atoms with Crippen LogP contribution in [0.2, 0.25) is 0 Å². The van der Waals surface area contributed by atoms with Gasteiger partial charge in [-0.2, -0.15) is 0 Å². The number of methoxy groups -OCH3 is 1. The van der Waals surface area contributed by atoms with Gasteiger partial charge in [0.05, 0.1) is 10.4 Å². The molecule has 0 radical (unpaired) electrons. The van der Waals surface area contributed by atoms with Crippen molar-refractivity contribution in [2.24, 2.45) is 0 Å². The number of aliphatic hydroxyl groups is 1. The number of ether oxygens (including phenoxy) is 1. The number of halogens is 1. The Morgan fingerprint density at radius 1 is 1.56 bits per heavy atom. The summed E-state index contributed by atoms with van der Waals surface area (Å²) in [5.74, 6) is 0. The zero-order valence-corrected chi connectivity index (χ0v) is 12.0. The topological polar surface area (TPSA) is 41.5 Å². The third-order valence-electron chi connectivity index (χ3n) is 2.35. The van der Waals surface area contributed by atoms with E-state index in [1.165, 1.54) is 4.88 Å². The fraction of sp³-hybridized carbons (Fsp3) is 0.636. The summed E-state index contributed by atoms with van der Waals surface area (Å²) in [7, 11) is 1.68. The van der Waals surface area contributed by atoms with Gasteiger partial charge < -0.3 is 15.2 Å². The van der Waals surface area contributed by atoms with Gasteiger partial charge in [0.2, 0.25) is 0 Å². The van der Waals surface area contributed by atoms with Gasteiger partial charge >= 0.3 is 0 Å². The van der Waals surface area contributed by atoms with Crippen molar-refractivity contribution in [1.82, 2.24) is 5.32 Å². The van der Waals surface area contributed by atoms with Crippen LogP contribution < -0.4 is 5.32 Å². The molecule has 1 rings (SSSR count). The molecule has 0 aromatic carbocycles. The molecule has 0 aliphatic heterocycles. The molecule has 0 amide bonds. The van der Waals surface area contributed by atoms with E-state index in [9.17, 15) is 0 Å². The first kappa shape index (κ1) is 14.1. The van der Waals surface area contributed by atoms with Gasteiger partial charge in [-0.15, -0.1) is 11.3 Å². The van der Waals surface area contributed by atoms with Crippen LogP contribution in [0.4, 0.5) is 0 Å². The molecule has 0 aliphatic carbocycles. The van der Waals surface area contributed by atoms with Crippen LogP contribution >= 0.6 is 27.3 Å². The first-order valence-electron chi connectivity index (χ1n) is 5.28. The maximum atomic E-state index is 8.95. The van der Waals surface area contributed by atoms with Crippen molar-refractivity contribution in [2.75, 3.05) is 20.3 Å². The van der Waals surface area contributed by atoms with E-state index in [4.69, 9.17) is 9.84 Å². The zero-order valence-electron chi connectivity index (χ0n) is 9.57. The predicted molar refractivity (Wildman–Crippen MR) is 70.9 cm³/mol. The number of aliphatic hydroxyl groups excluding tert-OH is 1. The predicted octanol–water partition coefficient (Wildman–Crippen LogP) is 2.56. The summed E-state index contributed by atoms with van der Waals surface area (Å²) in [6.45, 7) is 2.93. The van der Waals surface area contributed by atoms with Crippen molar-refractivity contribution in [2.45, 2.75) is 25.4 Å². The van der Waals surface area contributed by atoms with Crippen molar-refractivity contribution in [1.29, 1.82) is 0 Å². The van der Waals surface area contributed by atoms with E-state index >= 15 is 0 Å². The molecule has 1 aromatic heterocycles. The number of thiophene rings is 1. The lowest BCUT2D eigenvalue weighted by Gasteiger charge is -2.21. The molecule has 0 bridgehead atoms. The summed E-state index contributed by atoms with van der Waals surface area (Å²) >= 11 is 5.18. The van der Waals surface area contributed by atoms with E-state index in [1.807, 2.05) is 0 Å². The van der Waals surface area contributed by atoms with Gasteiger partial charge in [0.25, 0.3) is 0 Å². The van der Waals surface area contributed by atoms with Gasteiger partial charge in [-0.25, -0.2) is 0 Å². The molecule has 1 aromatic rings. The average Bonchev–Trinajstić information content (AvgIpc) is 2.65. The molecule has 3 nitrogen and oxygen atoms in total. The van der Waals surface area contributed by atoms with Crippen LogP contribution in [-0.2, 0) is 4.74 Å². The third-order valence-corrected chi connectivity index (χ3v) is 4.16. The molecule has 1 heterocycles. The Morgan fingerprint density at radius 2 is 2.31 bits per heavy atom. The number of rotatable bonds is 7. The highest BCUT2D eigenvalue weighted by Gasteiger charge is 2.14. The summed E-state index contributed by atoms with van der Waals surface area (Å²) in [5.41, 5.74) is 0. The molecule has 2 N–H and O–H groups in total. The lowest BCUT2D eigenvalue weighted by Crippen LogP contribution is -2.35. The molecular weight excluding hydrogens is 290 g/mol. The van der Waals surface area contributed by atoms with Crippen LogP contribution in [0.3, 0.4) is 0 Å². The van der Waals surface area contributed by atoms with Crippen LogP contribution in [0.5, 0.6) is 0 Å². The normalized spacial score (nSPS) is 15.0. The van der Waals surface area contributed by atoms with Gasteiger partial charge in [0.1, 0.15) is 0 Å². The van der Waals surface area contributed by atoms with E-state index in [2.05, 4.69) is 40.3 Å². The van der Waals surface area contributed by atoms with Crippen LogP contribution in [0.25, 0.3) is 0 Å². The van der Waals surface area contributed by atoms with E-state index in [-0.39, 0.29) is 18.7 Å². The van der Waals surface area contributed by atoms with Crippen molar-refractivity contribution in [3.63, 3.8) is 0 Å². The van der Waals surface area contributed by atoms with E-state index in [1.54, 1.807) is 18.4 Å². The molecular formula is C11H18BrNO2S. The first-order valence-corrected chi connectivity index (χ1v) is 6.89. The molecule has 5 heteroatoms. The van der Waals surface area contributed by atoms with E-state index in [0.717, 1.165) is 3.79 Å². The molecule has 2 unspecified atom stereocenters. The third kappa shape index (κ3) is 4.51. The summed E-state index contributed by atoms with van der Waals surface area (Å²) in [6, 6.07) is 4.64. The number of hydrogen-bond donors (Lipinski definition) is 2. The monoisotopic (exact) mass is 307 g/mol. The minimum Gasteiger partial charge on any atom is -0.396 e. The van der Waals surface area contributed by atoms with Crippen LogP contribution in [0, 0.1) is 0 Å². The fourth-order valence-electron chi connectivity index (χ4n) is 1.57. The van der Waals surface area contributed by atoms with E-state index in [0.29, 0.717) is 13.0 Å². The standard InChI is InChI=1S/C11H18BrNO2S/c1-8(10-3-4-11(12)16-10)13-9(5-6-14)7-15-2/h3-4,8-9,13-14H,5-7H2,1-2H3. The van der Waals surface area contributed by atoms with Crippen molar-refractivity contribution >= 4 is 27.3 Å². The van der Waals surface area contributed by atoms with Gasteiger partial charge in [0, 0.05) is 30.7 Å². The molecule has 0 saturated carbocycles. The van der Waals surface area contributed by atoms with Crippen molar-refractivity contribution in [3.8, 4) is 0 Å². The van der Waals surface area contributed by atoms with Gasteiger partial charge in [-0.05, 0) is 41.4 Å². The van der Waals surface area contributed by atoms with Crippen LogP contribution in [0.1, 0.15) is 24.3 Å². The Hall–Kier alpha value is 0.0600.